The van der Waals surface area contributed by atoms with E-state index in [0.717, 1.165) is 12.8 Å². The van der Waals surface area contributed by atoms with E-state index in [-0.39, 0.29) is 5.82 Å². The van der Waals surface area contributed by atoms with Crippen LogP contribution in [0.25, 0.3) is 0 Å². The van der Waals surface area contributed by atoms with E-state index in [1.165, 1.54) is 6.07 Å². The molecule has 1 fully saturated rings. The van der Waals surface area contributed by atoms with E-state index in [1.807, 2.05) is 0 Å². The van der Waals surface area contributed by atoms with Gasteiger partial charge in [-0.3, -0.25) is 0 Å². The van der Waals surface area contributed by atoms with Crippen molar-refractivity contribution in [3.8, 4) is 0 Å². The van der Waals surface area contributed by atoms with Crippen molar-refractivity contribution in [1.29, 1.82) is 0 Å². The van der Waals surface area contributed by atoms with Crippen LogP contribution in [0, 0.1) is 5.82 Å². The van der Waals surface area contributed by atoms with Gasteiger partial charge < -0.3 is 0 Å². The van der Waals surface area contributed by atoms with Crippen molar-refractivity contribution in [1.82, 2.24) is 0 Å². The van der Waals surface area contributed by atoms with Crippen LogP contribution in [0.4, 0.5) is 4.39 Å². The highest BCUT2D eigenvalue weighted by Crippen LogP contribution is 2.44. The Bertz CT molecular complexity index is 259. The molecule has 1 saturated carbocycles. The molecule has 0 amide bonds. The zero-order valence-corrected chi connectivity index (χ0v) is 6.74. The Morgan fingerprint density at radius 2 is 2.09 bits per heavy atom. The number of halogens is 2. The first-order valence-electron chi connectivity index (χ1n) is 3.73. The fraction of sp³-hybridized carbons (Fsp3) is 0.333. The monoisotopic (exact) mass is 170 g/mol. The molecule has 0 bridgehead atoms. The van der Waals surface area contributed by atoms with Gasteiger partial charge in [-0.05, 0) is 30.9 Å². The molecule has 0 N–H and O–H groups in total. The summed E-state index contributed by atoms with van der Waals surface area (Å²) in [5.74, 6) is 0.240. The second-order valence-electron chi connectivity index (χ2n) is 2.91. The topological polar surface area (TPSA) is 0 Å². The van der Waals surface area contributed by atoms with E-state index in [1.54, 1.807) is 12.1 Å². The summed E-state index contributed by atoms with van der Waals surface area (Å²) in [5, 5.41) is 0.576. The van der Waals surface area contributed by atoms with Crippen LogP contribution in [0.1, 0.15) is 24.3 Å². The largest absolute Gasteiger partial charge is 0.207 e. The summed E-state index contributed by atoms with van der Waals surface area (Å²) in [7, 11) is 0. The number of hydrogen-bond donors (Lipinski definition) is 0. The maximum absolute atomic E-state index is 13.1. The van der Waals surface area contributed by atoms with E-state index in [2.05, 4.69) is 0 Å². The second kappa shape index (κ2) is 2.49. The lowest BCUT2D eigenvalue weighted by molar-refractivity contribution is 0.611. The van der Waals surface area contributed by atoms with Gasteiger partial charge in [-0.2, -0.15) is 0 Å². The van der Waals surface area contributed by atoms with Crippen LogP contribution in [-0.4, -0.2) is 0 Å². The molecule has 0 atom stereocenters. The van der Waals surface area contributed by atoms with Crippen molar-refractivity contribution in [3.05, 3.63) is 34.6 Å². The van der Waals surface area contributed by atoms with Crippen molar-refractivity contribution in [3.63, 3.8) is 0 Å². The predicted molar refractivity (Wildman–Crippen MR) is 43.4 cm³/mol. The Kier molecular flexibility index (Phi) is 1.61. The number of benzene rings is 1. The van der Waals surface area contributed by atoms with Gasteiger partial charge in [0.1, 0.15) is 5.82 Å². The Morgan fingerprint density at radius 3 is 2.64 bits per heavy atom. The molecule has 0 radical (unpaired) electrons. The molecule has 2 rings (SSSR count). The summed E-state index contributed by atoms with van der Waals surface area (Å²) < 4.78 is 13.1. The highest BCUT2D eigenvalue weighted by atomic mass is 35.5. The van der Waals surface area contributed by atoms with Crippen LogP contribution in [-0.2, 0) is 0 Å². The molecule has 2 heteroatoms. The van der Waals surface area contributed by atoms with E-state index < -0.39 is 0 Å². The molecule has 0 nitrogen and oxygen atoms in total. The molecule has 1 aliphatic rings. The molecule has 0 unspecified atom stereocenters. The minimum absolute atomic E-state index is 0.153. The first-order chi connectivity index (χ1) is 5.29. The molecule has 0 aliphatic heterocycles. The average molecular weight is 171 g/mol. The first-order valence-corrected chi connectivity index (χ1v) is 4.11. The summed E-state index contributed by atoms with van der Waals surface area (Å²) in [6, 6.07) is 4.86. The molecule has 58 valence electrons. The lowest BCUT2D eigenvalue weighted by Crippen LogP contribution is -1.87. The van der Waals surface area contributed by atoms with Crippen LogP contribution >= 0.6 is 11.6 Å². The maximum Gasteiger partial charge on any atom is 0.128 e. The van der Waals surface area contributed by atoms with Gasteiger partial charge in [0.25, 0.3) is 0 Å². The molecule has 1 aromatic rings. The van der Waals surface area contributed by atoms with Gasteiger partial charge in [0.2, 0.25) is 0 Å². The van der Waals surface area contributed by atoms with Crippen LogP contribution in [0.3, 0.4) is 0 Å². The fourth-order valence-electron chi connectivity index (χ4n) is 1.27. The smallest absolute Gasteiger partial charge is 0.128 e. The van der Waals surface area contributed by atoms with Crippen molar-refractivity contribution in [2.24, 2.45) is 0 Å². The quantitative estimate of drug-likeness (QED) is 0.607. The van der Waals surface area contributed by atoms with Crippen molar-refractivity contribution in [2.45, 2.75) is 18.8 Å². The van der Waals surface area contributed by atoms with Gasteiger partial charge in [0, 0.05) is 10.6 Å². The minimum atomic E-state index is -0.153. The molecular weight excluding hydrogens is 163 g/mol. The molecule has 0 aromatic heterocycles. The molecule has 11 heavy (non-hydrogen) atoms. The SMILES string of the molecule is Fc1cccc(Cl)c1C1CC1. The molecule has 0 heterocycles. The molecule has 1 aromatic carbocycles. The zero-order valence-electron chi connectivity index (χ0n) is 5.98. The lowest BCUT2D eigenvalue weighted by atomic mass is 10.1. The third-order valence-corrected chi connectivity index (χ3v) is 2.31. The number of rotatable bonds is 1. The Morgan fingerprint density at radius 1 is 1.36 bits per heavy atom. The van der Waals surface area contributed by atoms with Crippen molar-refractivity contribution >= 4 is 11.6 Å². The van der Waals surface area contributed by atoms with Gasteiger partial charge in [0.15, 0.2) is 0 Å². The highest BCUT2D eigenvalue weighted by molar-refractivity contribution is 6.31. The third kappa shape index (κ3) is 1.25. The van der Waals surface area contributed by atoms with E-state index in [4.69, 9.17) is 11.6 Å². The highest BCUT2D eigenvalue weighted by Gasteiger charge is 2.28. The molecule has 0 spiro atoms. The molecular formula is C9H8ClF. The van der Waals surface area contributed by atoms with Gasteiger partial charge in [0.05, 0.1) is 0 Å². The van der Waals surface area contributed by atoms with Gasteiger partial charge in [-0.15, -0.1) is 0 Å². The average Bonchev–Trinajstić information content (AvgIpc) is 2.70. The van der Waals surface area contributed by atoms with E-state index in [9.17, 15) is 4.39 Å². The Balaban J connectivity index is 2.48. The van der Waals surface area contributed by atoms with Crippen molar-refractivity contribution < 1.29 is 4.39 Å². The molecule has 1 aliphatic carbocycles. The van der Waals surface area contributed by atoms with Crippen molar-refractivity contribution in [2.75, 3.05) is 0 Å². The first kappa shape index (κ1) is 7.11. The Labute approximate surface area is 70.0 Å². The fourth-order valence-corrected chi connectivity index (χ4v) is 1.59. The maximum atomic E-state index is 13.1. The summed E-state index contributed by atoms with van der Waals surface area (Å²) in [6.45, 7) is 0. The normalized spacial score (nSPS) is 16.9. The predicted octanol–water partition coefficient (Wildman–Crippen LogP) is 3.36. The van der Waals surface area contributed by atoms with Gasteiger partial charge in [-0.1, -0.05) is 17.7 Å². The van der Waals surface area contributed by atoms with E-state index >= 15 is 0 Å². The third-order valence-electron chi connectivity index (χ3n) is 1.99. The summed E-state index contributed by atoms with van der Waals surface area (Å²) >= 11 is 5.82. The van der Waals surface area contributed by atoms with Crippen LogP contribution in [0.15, 0.2) is 18.2 Å². The van der Waals surface area contributed by atoms with Crippen LogP contribution in [0.5, 0.6) is 0 Å². The second-order valence-corrected chi connectivity index (χ2v) is 3.32. The zero-order chi connectivity index (χ0) is 7.84. The molecule has 0 saturated heterocycles. The van der Waals surface area contributed by atoms with E-state index in [0.29, 0.717) is 16.5 Å². The summed E-state index contributed by atoms with van der Waals surface area (Å²) in [6.07, 6.45) is 2.17. The Hall–Kier alpha value is -0.560. The van der Waals surface area contributed by atoms with Gasteiger partial charge in [-0.25, -0.2) is 4.39 Å². The van der Waals surface area contributed by atoms with Gasteiger partial charge >= 0.3 is 0 Å². The summed E-state index contributed by atoms with van der Waals surface area (Å²) in [4.78, 5) is 0. The standard InChI is InChI=1S/C9H8ClF/c10-7-2-1-3-8(11)9(7)6-4-5-6/h1-3,6H,4-5H2. The van der Waals surface area contributed by atoms with Crippen LogP contribution < -0.4 is 0 Å². The lowest BCUT2D eigenvalue weighted by Gasteiger charge is -2.01. The van der Waals surface area contributed by atoms with Crippen LogP contribution in [0.2, 0.25) is 5.02 Å². The number of hydrogen-bond acceptors (Lipinski definition) is 0. The minimum Gasteiger partial charge on any atom is -0.207 e. The summed E-state index contributed by atoms with van der Waals surface area (Å²) in [5.41, 5.74) is 0.717.